The molecule has 4 aromatic rings. The van der Waals surface area contributed by atoms with E-state index in [9.17, 15) is 0 Å². The Kier molecular flexibility index (Phi) is 4.47. The molecule has 0 aliphatic rings. The number of nitrogens with zero attached hydrogens (tertiary/aromatic N) is 2. The van der Waals surface area contributed by atoms with Gasteiger partial charge in [0.25, 0.3) is 0 Å². The fourth-order valence-corrected chi connectivity index (χ4v) is 3.89. The van der Waals surface area contributed by atoms with E-state index < -0.39 is 0 Å². The van der Waals surface area contributed by atoms with Crippen LogP contribution in [0.2, 0.25) is 0 Å². The first-order valence-corrected chi connectivity index (χ1v) is 9.78. The Morgan fingerprint density at radius 2 is 1.81 bits per heavy atom. The molecule has 0 radical (unpaired) electrons. The van der Waals surface area contributed by atoms with Gasteiger partial charge in [-0.05, 0) is 49.4 Å². The molecule has 0 fully saturated rings. The van der Waals surface area contributed by atoms with Gasteiger partial charge in [0, 0.05) is 28.1 Å². The summed E-state index contributed by atoms with van der Waals surface area (Å²) in [7, 11) is 2.12. The lowest BCUT2D eigenvalue weighted by atomic mass is 9.99. The summed E-state index contributed by atoms with van der Waals surface area (Å²) in [5.74, 6) is 0.648. The molecule has 1 aromatic carbocycles. The highest BCUT2D eigenvalue weighted by Gasteiger charge is 2.21. The number of rotatable bonds is 4. The highest BCUT2D eigenvalue weighted by atomic mass is 16.3. The van der Waals surface area contributed by atoms with Crippen molar-refractivity contribution in [3.05, 3.63) is 59.4 Å². The van der Waals surface area contributed by atoms with Crippen LogP contribution in [0.25, 0.3) is 33.3 Å². The van der Waals surface area contributed by atoms with Crippen molar-refractivity contribution >= 4 is 22.1 Å². The van der Waals surface area contributed by atoms with Gasteiger partial charge >= 0.3 is 0 Å². The molecule has 0 amide bonds. The van der Waals surface area contributed by atoms with Crippen molar-refractivity contribution in [3.63, 3.8) is 0 Å². The van der Waals surface area contributed by atoms with Crippen molar-refractivity contribution in [1.29, 1.82) is 0 Å². The van der Waals surface area contributed by atoms with Crippen LogP contribution in [0.5, 0.6) is 0 Å². The molecule has 0 aliphatic heterocycles. The van der Waals surface area contributed by atoms with E-state index in [2.05, 4.69) is 81.9 Å². The van der Waals surface area contributed by atoms with Crippen LogP contribution in [-0.4, -0.2) is 4.98 Å². The number of furan rings is 1. The zero-order valence-corrected chi connectivity index (χ0v) is 16.8. The third kappa shape index (κ3) is 3.12. The number of hydrogen-bond acceptors (Lipinski definition) is 2. The number of aryl methyl sites for hydroxylation is 3. The monoisotopic (exact) mass is 359 g/mol. The Morgan fingerprint density at radius 3 is 2.52 bits per heavy atom. The quantitative estimate of drug-likeness (QED) is 0.448. The average molecular weight is 359 g/mol. The van der Waals surface area contributed by atoms with E-state index in [0.29, 0.717) is 5.92 Å². The standard InChI is InChI=1S/C24H27N2O/c1-6-18-9-11-20-19-10-7-16(4)22(23(19)27-24(20)25-18)21-12-8-17(13-15(2)3)14-26(21)5/h7-12,14-15H,6,13H2,1-5H3/q+1. The molecule has 0 spiro atoms. The molecule has 0 atom stereocenters. The minimum absolute atomic E-state index is 0.648. The first-order chi connectivity index (χ1) is 13.0. The van der Waals surface area contributed by atoms with Gasteiger partial charge in [-0.25, -0.2) is 9.55 Å². The Labute approximate surface area is 160 Å². The van der Waals surface area contributed by atoms with E-state index in [-0.39, 0.29) is 0 Å². The highest BCUT2D eigenvalue weighted by Crippen LogP contribution is 2.36. The van der Waals surface area contributed by atoms with Crippen molar-refractivity contribution in [2.75, 3.05) is 0 Å². The van der Waals surface area contributed by atoms with Crippen LogP contribution < -0.4 is 4.57 Å². The molecule has 0 N–H and O–H groups in total. The van der Waals surface area contributed by atoms with Crippen LogP contribution in [0.1, 0.15) is 37.6 Å². The van der Waals surface area contributed by atoms with Crippen LogP contribution in [0.3, 0.4) is 0 Å². The average Bonchev–Trinajstić information content (AvgIpc) is 2.99. The molecule has 0 bridgehead atoms. The largest absolute Gasteiger partial charge is 0.437 e. The van der Waals surface area contributed by atoms with E-state index in [1.807, 2.05) is 0 Å². The summed E-state index contributed by atoms with van der Waals surface area (Å²) in [5, 5.41) is 2.22. The van der Waals surface area contributed by atoms with Gasteiger partial charge in [0.15, 0.2) is 11.8 Å². The van der Waals surface area contributed by atoms with Crippen molar-refractivity contribution < 1.29 is 8.98 Å². The third-order valence-electron chi connectivity index (χ3n) is 5.23. The SMILES string of the molecule is CCc1ccc2c(n1)oc1c(-c3ccc(CC(C)C)c[n+]3C)c(C)ccc12. The fourth-order valence-electron chi connectivity index (χ4n) is 3.89. The van der Waals surface area contributed by atoms with Gasteiger partial charge in [0.05, 0.1) is 5.56 Å². The smallest absolute Gasteiger partial charge is 0.227 e. The molecular weight excluding hydrogens is 332 g/mol. The lowest BCUT2D eigenvalue weighted by Gasteiger charge is -2.08. The number of benzene rings is 1. The second-order valence-electron chi connectivity index (χ2n) is 7.88. The highest BCUT2D eigenvalue weighted by molar-refractivity contribution is 6.08. The normalized spacial score (nSPS) is 11.8. The van der Waals surface area contributed by atoms with Crippen LogP contribution in [0, 0.1) is 12.8 Å². The van der Waals surface area contributed by atoms with E-state index in [4.69, 9.17) is 9.40 Å². The maximum absolute atomic E-state index is 6.29. The van der Waals surface area contributed by atoms with Crippen molar-refractivity contribution in [2.24, 2.45) is 13.0 Å². The van der Waals surface area contributed by atoms with Gasteiger partial charge in [0.1, 0.15) is 7.05 Å². The summed E-state index contributed by atoms with van der Waals surface area (Å²) >= 11 is 0. The maximum Gasteiger partial charge on any atom is 0.227 e. The van der Waals surface area contributed by atoms with Gasteiger partial charge in [-0.15, -0.1) is 0 Å². The molecule has 3 heteroatoms. The molecule has 138 valence electrons. The minimum atomic E-state index is 0.648. The summed E-state index contributed by atoms with van der Waals surface area (Å²) in [6, 6.07) is 13.0. The molecule has 0 saturated heterocycles. The Hall–Kier alpha value is -2.68. The lowest BCUT2D eigenvalue weighted by molar-refractivity contribution is -0.660. The predicted octanol–water partition coefficient (Wildman–Crippen LogP) is 5.54. The summed E-state index contributed by atoms with van der Waals surface area (Å²) < 4.78 is 8.51. The predicted molar refractivity (Wildman–Crippen MR) is 111 cm³/mol. The van der Waals surface area contributed by atoms with Gasteiger partial charge < -0.3 is 4.42 Å². The lowest BCUT2D eigenvalue weighted by Crippen LogP contribution is -2.31. The first-order valence-electron chi connectivity index (χ1n) is 9.78. The zero-order valence-electron chi connectivity index (χ0n) is 16.8. The van der Waals surface area contributed by atoms with Crippen molar-refractivity contribution in [1.82, 2.24) is 4.98 Å². The molecule has 4 rings (SSSR count). The van der Waals surface area contributed by atoms with Crippen LogP contribution in [0.4, 0.5) is 0 Å². The van der Waals surface area contributed by atoms with Crippen LogP contribution >= 0.6 is 0 Å². The molecule has 0 saturated carbocycles. The van der Waals surface area contributed by atoms with Gasteiger partial charge in [-0.3, -0.25) is 0 Å². The van der Waals surface area contributed by atoms with E-state index in [1.54, 1.807) is 0 Å². The number of aromatic nitrogens is 2. The van der Waals surface area contributed by atoms with Crippen molar-refractivity contribution in [2.45, 2.75) is 40.5 Å². The molecule has 27 heavy (non-hydrogen) atoms. The van der Waals surface area contributed by atoms with Gasteiger partial charge in [-0.2, -0.15) is 0 Å². The van der Waals surface area contributed by atoms with Gasteiger partial charge in [0.2, 0.25) is 11.4 Å². The Morgan fingerprint density at radius 1 is 1.04 bits per heavy atom. The molecular formula is C24H27N2O+. The molecule has 3 nitrogen and oxygen atoms in total. The Bertz CT molecular complexity index is 1140. The van der Waals surface area contributed by atoms with E-state index >= 15 is 0 Å². The van der Waals surface area contributed by atoms with E-state index in [0.717, 1.165) is 46.2 Å². The third-order valence-corrected chi connectivity index (χ3v) is 5.23. The fraction of sp³-hybridized carbons (Fsp3) is 0.333. The van der Waals surface area contributed by atoms with Gasteiger partial charge in [-0.1, -0.05) is 32.9 Å². The summed E-state index contributed by atoms with van der Waals surface area (Å²) in [5.41, 5.74) is 7.61. The molecule has 0 aliphatic carbocycles. The molecule has 3 heterocycles. The summed E-state index contributed by atoms with van der Waals surface area (Å²) in [6.45, 7) is 8.77. The zero-order chi connectivity index (χ0) is 19.1. The number of fused-ring (bicyclic) bond motifs is 3. The molecule has 3 aromatic heterocycles. The van der Waals surface area contributed by atoms with Crippen LogP contribution in [-0.2, 0) is 19.9 Å². The number of hydrogen-bond donors (Lipinski definition) is 0. The Balaban J connectivity index is 1.94. The van der Waals surface area contributed by atoms with Crippen LogP contribution in [0.15, 0.2) is 47.0 Å². The molecule has 0 unspecified atom stereocenters. The topological polar surface area (TPSA) is 29.9 Å². The summed E-state index contributed by atoms with van der Waals surface area (Å²) in [6.07, 6.45) is 4.24. The second-order valence-corrected chi connectivity index (χ2v) is 7.88. The second kappa shape index (κ2) is 6.80. The first kappa shape index (κ1) is 17.7. The minimum Gasteiger partial charge on any atom is -0.437 e. The number of pyridine rings is 2. The van der Waals surface area contributed by atoms with E-state index in [1.165, 1.54) is 16.8 Å². The van der Waals surface area contributed by atoms with Crippen molar-refractivity contribution in [3.8, 4) is 11.3 Å². The maximum atomic E-state index is 6.29. The summed E-state index contributed by atoms with van der Waals surface area (Å²) in [4.78, 5) is 4.69.